The zero-order valence-electron chi connectivity index (χ0n) is 14.8. The molecule has 1 aliphatic rings. The first kappa shape index (κ1) is 21.0. The summed E-state index contributed by atoms with van der Waals surface area (Å²) in [6.45, 7) is 6.02. The number of hydrogen-bond donors (Lipinski definition) is 1. The first-order chi connectivity index (χ1) is 11.2. The topological polar surface area (TPSA) is 60.1 Å². The summed E-state index contributed by atoms with van der Waals surface area (Å²) in [5.41, 5.74) is 8.40. The van der Waals surface area contributed by atoms with Crippen molar-refractivity contribution >= 4 is 29.9 Å². The van der Waals surface area contributed by atoms with E-state index in [0.717, 1.165) is 30.8 Å². The normalized spacial score (nSPS) is 15.1. The number of aliphatic imine (C=N–C) groups is 1. The largest absolute Gasteiger partial charge is 0.493 e. The Hall–Kier alpha value is -1.02. The minimum absolute atomic E-state index is 0. The van der Waals surface area contributed by atoms with Crippen LogP contribution in [0.1, 0.15) is 36.8 Å². The molecule has 2 rings (SSSR count). The van der Waals surface area contributed by atoms with Crippen LogP contribution in [0.15, 0.2) is 23.2 Å². The summed E-state index contributed by atoms with van der Waals surface area (Å²) in [5, 5.41) is 0. The number of benzene rings is 1. The number of rotatable bonds is 7. The quantitative estimate of drug-likeness (QED) is 0.302. The van der Waals surface area contributed by atoms with E-state index in [1.165, 1.54) is 24.8 Å². The lowest BCUT2D eigenvalue weighted by atomic mass is 10.1. The van der Waals surface area contributed by atoms with Crippen LogP contribution in [0.25, 0.3) is 0 Å². The molecular weight excluding hydrogens is 417 g/mol. The maximum atomic E-state index is 6.13. The van der Waals surface area contributed by atoms with Crippen LogP contribution in [0, 0.1) is 6.92 Å². The summed E-state index contributed by atoms with van der Waals surface area (Å²) in [5.74, 6) is 1.55. The van der Waals surface area contributed by atoms with E-state index in [0.29, 0.717) is 25.7 Å². The maximum absolute atomic E-state index is 6.13. The third-order valence-electron chi connectivity index (χ3n) is 4.06. The zero-order chi connectivity index (χ0) is 16.5. The van der Waals surface area contributed by atoms with Gasteiger partial charge in [0.05, 0.1) is 13.2 Å². The number of likely N-dealkylation sites (tertiary alicyclic amines) is 1. The number of piperidine rings is 1. The van der Waals surface area contributed by atoms with Gasteiger partial charge in [0.15, 0.2) is 5.96 Å². The van der Waals surface area contributed by atoms with Gasteiger partial charge >= 0.3 is 0 Å². The highest BCUT2D eigenvalue weighted by Gasteiger charge is 2.12. The Kier molecular flexibility index (Phi) is 10.1. The monoisotopic (exact) mass is 447 g/mol. The van der Waals surface area contributed by atoms with Gasteiger partial charge in [-0.25, -0.2) is 4.99 Å². The second-order valence-corrected chi connectivity index (χ2v) is 6.03. The van der Waals surface area contributed by atoms with Crippen molar-refractivity contribution in [3.05, 3.63) is 29.3 Å². The lowest BCUT2D eigenvalue weighted by Crippen LogP contribution is -2.40. The molecule has 0 atom stereocenters. The fourth-order valence-electron chi connectivity index (χ4n) is 2.70. The fraction of sp³-hybridized carbons (Fsp3) is 0.611. The predicted octanol–water partition coefficient (Wildman–Crippen LogP) is 3.33. The molecule has 0 aliphatic carbocycles. The summed E-state index contributed by atoms with van der Waals surface area (Å²) in [6, 6.07) is 6.23. The summed E-state index contributed by atoms with van der Waals surface area (Å²) in [6.07, 6.45) is 4.58. The van der Waals surface area contributed by atoms with Gasteiger partial charge in [-0.3, -0.25) is 0 Å². The van der Waals surface area contributed by atoms with Crippen LogP contribution in [0.3, 0.4) is 0 Å². The third-order valence-corrected chi connectivity index (χ3v) is 4.06. The Labute approximate surface area is 162 Å². The summed E-state index contributed by atoms with van der Waals surface area (Å²) in [4.78, 5) is 6.75. The van der Waals surface area contributed by atoms with Crippen LogP contribution in [0.4, 0.5) is 0 Å². The van der Waals surface area contributed by atoms with Crippen LogP contribution in [-0.2, 0) is 11.3 Å². The van der Waals surface area contributed by atoms with E-state index in [2.05, 4.69) is 35.0 Å². The van der Waals surface area contributed by atoms with Crippen LogP contribution in [0.2, 0.25) is 0 Å². The van der Waals surface area contributed by atoms with Gasteiger partial charge in [-0.1, -0.05) is 12.1 Å². The molecule has 24 heavy (non-hydrogen) atoms. The number of aryl methyl sites for hydroxylation is 1. The maximum Gasteiger partial charge on any atom is 0.191 e. The van der Waals surface area contributed by atoms with Gasteiger partial charge in [-0.15, -0.1) is 24.0 Å². The molecule has 0 amide bonds. The van der Waals surface area contributed by atoms with Crippen molar-refractivity contribution in [1.29, 1.82) is 0 Å². The van der Waals surface area contributed by atoms with E-state index in [1.54, 1.807) is 7.11 Å². The molecule has 136 valence electrons. The average Bonchev–Trinajstić information content (AvgIpc) is 2.58. The number of halogens is 1. The first-order valence-corrected chi connectivity index (χ1v) is 8.47. The van der Waals surface area contributed by atoms with Gasteiger partial charge in [0.1, 0.15) is 5.75 Å². The van der Waals surface area contributed by atoms with E-state index < -0.39 is 0 Å². The molecule has 1 aliphatic heterocycles. The van der Waals surface area contributed by atoms with E-state index in [9.17, 15) is 0 Å². The van der Waals surface area contributed by atoms with Gasteiger partial charge in [0.25, 0.3) is 0 Å². The van der Waals surface area contributed by atoms with Gasteiger partial charge in [-0.05, 0) is 37.8 Å². The van der Waals surface area contributed by atoms with Gasteiger partial charge in [0.2, 0.25) is 0 Å². The Morgan fingerprint density at radius 2 is 1.96 bits per heavy atom. The average molecular weight is 447 g/mol. The van der Waals surface area contributed by atoms with E-state index in [4.69, 9.17) is 15.2 Å². The minimum Gasteiger partial charge on any atom is -0.493 e. The SMILES string of the molecule is COCCCOc1cc(C)ccc1CN=C(N)N1CCCCC1.I. The molecule has 0 unspecified atom stereocenters. The molecule has 6 heteroatoms. The van der Waals surface area contributed by atoms with Gasteiger partial charge in [-0.2, -0.15) is 0 Å². The second kappa shape index (κ2) is 11.5. The molecule has 0 saturated carbocycles. The highest BCUT2D eigenvalue weighted by molar-refractivity contribution is 14.0. The molecule has 0 aromatic heterocycles. The number of ether oxygens (including phenoxy) is 2. The highest BCUT2D eigenvalue weighted by atomic mass is 127. The fourth-order valence-corrected chi connectivity index (χ4v) is 2.70. The molecule has 0 spiro atoms. The van der Waals surface area contributed by atoms with Crippen molar-refractivity contribution in [3.8, 4) is 5.75 Å². The Morgan fingerprint density at radius 1 is 1.21 bits per heavy atom. The van der Waals surface area contributed by atoms with Crippen LogP contribution >= 0.6 is 24.0 Å². The standard InChI is InChI=1S/C18H29N3O2.HI/c1-15-7-8-16(17(13-15)23-12-6-11-22-2)14-20-18(19)21-9-4-3-5-10-21;/h7-8,13H,3-6,9-12,14H2,1-2H3,(H2,19,20);1H. The summed E-state index contributed by atoms with van der Waals surface area (Å²) < 4.78 is 11.0. The predicted molar refractivity (Wildman–Crippen MR) is 109 cm³/mol. The number of hydrogen-bond acceptors (Lipinski definition) is 3. The van der Waals surface area contributed by atoms with Crippen molar-refractivity contribution < 1.29 is 9.47 Å². The molecule has 1 saturated heterocycles. The van der Waals surface area contributed by atoms with Gasteiger partial charge < -0.3 is 20.1 Å². The van der Waals surface area contributed by atoms with Gasteiger partial charge in [0, 0.05) is 38.8 Å². The second-order valence-electron chi connectivity index (χ2n) is 6.03. The van der Waals surface area contributed by atoms with Crippen molar-refractivity contribution in [2.24, 2.45) is 10.7 Å². The number of methoxy groups -OCH3 is 1. The van der Waals surface area contributed by atoms with Crippen LogP contribution in [0.5, 0.6) is 5.75 Å². The number of nitrogens with two attached hydrogens (primary N) is 1. The van der Waals surface area contributed by atoms with Crippen LogP contribution in [-0.4, -0.2) is 44.3 Å². The molecule has 1 aromatic rings. The van der Waals surface area contributed by atoms with E-state index >= 15 is 0 Å². The molecule has 5 nitrogen and oxygen atoms in total. The van der Waals surface area contributed by atoms with Crippen molar-refractivity contribution in [3.63, 3.8) is 0 Å². The molecule has 1 aromatic carbocycles. The Morgan fingerprint density at radius 3 is 2.67 bits per heavy atom. The van der Waals surface area contributed by atoms with E-state index in [-0.39, 0.29) is 24.0 Å². The molecule has 1 heterocycles. The molecular formula is C18H30IN3O2. The van der Waals surface area contributed by atoms with Crippen molar-refractivity contribution in [2.45, 2.75) is 39.2 Å². The molecule has 1 fully saturated rings. The Bertz CT molecular complexity index is 517. The first-order valence-electron chi connectivity index (χ1n) is 8.47. The van der Waals surface area contributed by atoms with Crippen molar-refractivity contribution in [1.82, 2.24) is 4.90 Å². The molecule has 2 N–H and O–H groups in total. The van der Waals surface area contributed by atoms with Crippen LogP contribution < -0.4 is 10.5 Å². The van der Waals surface area contributed by atoms with Crippen molar-refractivity contribution in [2.75, 3.05) is 33.4 Å². The Balaban J connectivity index is 0.00000288. The molecule has 0 bridgehead atoms. The summed E-state index contributed by atoms with van der Waals surface area (Å²) >= 11 is 0. The smallest absolute Gasteiger partial charge is 0.191 e. The minimum atomic E-state index is 0. The molecule has 0 radical (unpaired) electrons. The highest BCUT2D eigenvalue weighted by Crippen LogP contribution is 2.21. The lowest BCUT2D eigenvalue weighted by molar-refractivity contribution is 0.172. The number of nitrogens with zero attached hydrogens (tertiary/aromatic N) is 2. The van der Waals surface area contributed by atoms with E-state index in [1.807, 2.05) is 0 Å². The lowest BCUT2D eigenvalue weighted by Gasteiger charge is -2.27. The zero-order valence-corrected chi connectivity index (χ0v) is 17.1. The number of guanidine groups is 1. The summed E-state index contributed by atoms with van der Waals surface area (Å²) in [7, 11) is 1.70. The third kappa shape index (κ3) is 6.84.